The maximum Gasteiger partial charge on any atom is 0.238 e. The van der Waals surface area contributed by atoms with E-state index in [2.05, 4.69) is 19.3 Å². The average molecular weight is 196 g/mol. The van der Waals surface area contributed by atoms with E-state index in [-0.39, 0.29) is 11.9 Å². The van der Waals surface area contributed by atoms with Crippen LogP contribution in [0.2, 0.25) is 0 Å². The van der Waals surface area contributed by atoms with Gasteiger partial charge in [0.2, 0.25) is 5.91 Å². The molecule has 1 N–H and O–H groups in total. The van der Waals surface area contributed by atoms with Gasteiger partial charge in [-0.2, -0.15) is 0 Å². The van der Waals surface area contributed by atoms with Crippen LogP contribution in [0.15, 0.2) is 0 Å². The fourth-order valence-electron chi connectivity index (χ4n) is 2.65. The van der Waals surface area contributed by atoms with Gasteiger partial charge in [0.25, 0.3) is 0 Å². The van der Waals surface area contributed by atoms with Gasteiger partial charge in [0.15, 0.2) is 0 Å². The van der Waals surface area contributed by atoms with Crippen molar-refractivity contribution in [2.24, 2.45) is 5.92 Å². The minimum Gasteiger partial charge on any atom is -0.275 e. The Balaban J connectivity index is 1.95. The van der Waals surface area contributed by atoms with Crippen LogP contribution in [0.5, 0.6) is 0 Å². The SMILES string of the molecule is CC(C)N1NC(C2CCCC2)CC1=O. The van der Waals surface area contributed by atoms with E-state index >= 15 is 0 Å². The van der Waals surface area contributed by atoms with Gasteiger partial charge in [-0.1, -0.05) is 12.8 Å². The van der Waals surface area contributed by atoms with Gasteiger partial charge in [0, 0.05) is 18.5 Å². The first kappa shape index (κ1) is 9.97. The lowest BCUT2D eigenvalue weighted by molar-refractivity contribution is -0.131. The van der Waals surface area contributed by atoms with Crippen molar-refractivity contribution in [1.29, 1.82) is 0 Å². The first-order valence-electron chi connectivity index (χ1n) is 5.76. The zero-order valence-electron chi connectivity index (χ0n) is 9.12. The molecule has 0 spiro atoms. The predicted molar refractivity (Wildman–Crippen MR) is 55.5 cm³/mol. The van der Waals surface area contributed by atoms with Crippen LogP contribution in [0.25, 0.3) is 0 Å². The maximum atomic E-state index is 11.6. The third-order valence-corrected chi connectivity index (χ3v) is 3.45. The summed E-state index contributed by atoms with van der Waals surface area (Å²) in [5.74, 6) is 1.01. The molecule has 1 amide bonds. The Labute approximate surface area is 85.8 Å². The molecule has 14 heavy (non-hydrogen) atoms. The van der Waals surface area contributed by atoms with Gasteiger partial charge in [0.05, 0.1) is 0 Å². The molecule has 0 bridgehead atoms. The fraction of sp³-hybridized carbons (Fsp3) is 0.909. The largest absolute Gasteiger partial charge is 0.275 e. The number of rotatable bonds is 2. The third kappa shape index (κ3) is 1.78. The number of amides is 1. The molecule has 0 aromatic heterocycles. The summed E-state index contributed by atoms with van der Waals surface area (Å²) in [5, 5.41) is 1.81. The summed E-state index contributed by atoms with van der Waals surface area (Å²) in [6, 6.07) is 0.710. The number of nitrogens with zero attached hydrogens (tertiary/aromatic N) is 1. The number of carbonyl (C=O) groups is 1. The molecule has 3 heteroatoms. The van der Waals surface area contributed by atoms with Gasteiger partial charge in [-0.05, 0) is 32.6 Å². The van der Waals surface area contributed by atoms with Crippen LogP contribution in [0.1, 0.15) is 46.0 Å². The second-order valence-electron chi connectivity index (χ2n) is 4.84. The van der Waals surface area contributed by atoms with Crippen LogP contribution < -0.4 is 5.43 Å². The van der Waals surface area contributed by atoms with Crippen LogP contribution in [-0.2, 0) is 4.79 Å². The summed E-state index contributed by atoms with van der Waals surface area (Å²) < 4.78 is 0. The summed E-state index contributed by atoms with van der Waals surface area (Å²) in [7, 11) is 0. The molecule has 1 heterocycles. The minimum atomic E-state index is 0.275. The standard InChI is InChI=1S/C11H20N2O/c1-8(2)13-11(14)7-10(12-13)9-5-3-4-6-9/h8-10,12H,3-7H2,1-2H3. The highest BCUT2D eigenvalue weighted by atomic mass is 16.2. The van der Waals surface area contributed by atoms with Crippen molar-refractivity contribution in [3.63, 3.8) is 0 Å². The molecule has 1 saturated carbocycles. The number of hydrogen-bond acceptors (Lipinski definition) is 2. The smallest absolute Gasteiger partial charge is 0.238 e. The fourth-order valence-corrected chi connectivity index (χ4v) is 2.65. The molecule has 1 atom stereocenters. The summed E-state index contributed by atoms with van der Waals surface area (Å²) in [6.45, 7) is 4.11. The summed E-state index contributed by atoms with van der Waals surface area (Å²) in [6.07, 6.45) is 6.01. The van der Waals surface area contributed by atoms with Crippen molar-refractivity contribution in [3.8, 4) is 0 Å². The lowest BCUT2D eigenvalue weighted by Gasteiger charge is -2.24. The lowest BCUT2D eigenvalue weighted by atomic mass is 9.97. The zero-order chi connectivity index (χ0) is 10.1. The molecule has 1 unspecified atom stereocenters. The molecule has 1 saturated heterocycles. The first-order chi connectivity index (χ1) is 6.68. The van der Waals surface area contributed by atoms with E-state index in [0.717, 1.165) is 5.92 Å². The Kier molecular flexibility index (Phi) is 2.77. The number of carbonyl (C=O) groups excluding carboxylic acids is 1. The first-order valence-corrected chi connectivity index (χ1v) is 5.76. The molecule has 3 nitrogen and oxygen atoms in total. The number of hydrogen-bond donors (Lipinski definition) is 1. The molecule has 2 aliphatic rings. The topological polar surface area (TPSA) is 32.3 Å². The monoisotopic (exact) mass is 196 g/mol. The van der Waals surface area contributed by atoms with Crippen molar-refractivity contribution in [1.82, 2.24) is 10.4 Å². The Morgan fingerprint density at radius 2 is 2.00 bits per heavy atom. The molecule has 80 valence electrons. The van der Waals surface area contributed by atoms with Crippen molar-refractivity contribution >= 4 is 5.91 Å². The summed E-state index contributed by atoms with van der Waals surface area (Å²) in [4.78, 5) is 11.6. The molecule has 0 aromatic rings. The van der Waals surface area contributed by atoms with Gasteiger partial charge in [-0.3, -0.25) is 9.80 Å². The highest BCUT2D eigenvalue weighted by molar-refractivity contribution is 5.78. The predicted octanol–water partition coefficient (Wildman–Crippen LogP) is 1.69. The quantitative estimate of drug-likeness (QED) is 0.729. The van der Waals surface area contributed by atoms with Crippen molar-refractivity contribution < 1.29 is 4.79 Å². The van der Waals surface area contributed by atoms with Crippen LogP contribution in [0.3, 0.4) is 0 Å². The second-order valence-corrected chi connectivity index (χ2v) is 4.84. The van der Waals surface area contributed by atoms with E-state index < -0.39 is 0 Å². The molecule has 2 rings (SSSR count). The van der Waals surface area contributed by atoms with Gasteiger partial charge in [0.1, 0.15) is 0 Å². The highest BCUT2D eigenvalue weighted by Crippen LogP contribution is 2.31. The van der Waals surface area contributed by atoms with E-state index in [9.17, 15) is 4.79 Å². The highest BCUT2D eigenvalue weighted by Gasteiger charge is 2.36. The van der Waals surface area contributed by atoms with Crippen LogP contribution >= 0.6 is 0 Å². The summed E-state index contributed by atoms with van der Waals surface area (Å²) in [5.41, 5.74) is 3.37. The Morgan fingerprint density at radius 1 is 1.36 bits per heavy atom. The van der Waals surface area contributed by atoms with E-state index in [1.54, 1.807) is 0 Å². The molecule has 0 aromatic carbocycles. The van der Waals surface area contributed by atoms with Crippen molar-refractivity contribution in [3.05, 3.63) is 0 Å². The Bertz CT molecular complexity index is 221. The molecule has 1 aliphatic heterocycles. The van der Waals surface area contributed by atoms with Crippen LogP contribution in [0, 0.1) is 5.92 Å². The van der Waals surface area contributed by atoms with E-state index in [4.69, 9.17) is 0 Å². The minimum absolute atomic E-state index is 0.275. The van der Waals surface area contributed by atoms with Crippen molar-refractivity contribution in [2.45, 2.75) is 58.0 Å². The molecule has 1 aliphatic carbocycles. The Morgan fingerprint density at radius 3 is 2.50 bits per heavy atom. The maximum absolute atomic E-state index is 11.6. The van der Waals surface area contributed by atoms with Gasteiger partial charge in [-0.25, -0.2) is 5.43 Å². The molecular weight excluding hydrogens is 176 g/mol. The average Bonchev–Trinajstić information content (AvgIpc) is 2.70. The normalized spacial score (nSPS) is 29.5. The Hall–Kier alpha value is -0.570. The van der Waals surface area contributed by atoms with Crippen LogP contribution in [-0.4, -0.2) is 23.0 Å². The lowest BCUT2D eigenvalue weighted by Crippen LogP contribution is -2.43. The number of nitrogens with one attached hydrogen (secondary N) is 1. The van der Waals surface area contributed by atoms with Gasteiger partial charge < -0.3 is 0 Å². The van der Waals surface area contributed by atoms with Gasteiger partial charge >= 0.3 is 0 Å². The second kappa shape index (κ2) is 3.89. The van der Waals surface area contributed by atoms with E-state index in [1.807, 2.05) is 5.01 Å². The van der Waals surface area contributed by atoms with Crippen molar-refractivity contribution in [2.75, 3.05) is 0 Å². The van der Waals surface area contributed by atoms with Crippen LogP contribution in [0.4, 0.5) is 0 Å². The molecular formula is C11H20N2O. The molecule has 0 radical (unpaired) electrons. The zero-order valence-corrected chi connectivity index (χ0v) is 9.12. The molecule has 2 fully saturated rings. The number of hydrazine groups is 1. The van der Waals surface area contributed by atoms with Gasteiger partial charge in [-0.15, -0.1) is 0 Å². The van der Waals surface area contributed by atoms with E-state index in [0.29, 0.717) is 12.5 Å². The third-order valence-electron chi connectivity index (χ3n) is 3.45. The van der Waals surface area contributed by atoms with E-state index in [1.165, 1.54) is 25.7 Å². The summed E-state index contributed by atoms with van der Waals surface area (Å²) >= 11 is 0.